The Morgan fingerprint density at radius 2 is 1.83 bits per heavy atom. The Hall–Kier alpha value is -2.70. The Morgan fingerprint density at radius 1 is 1.17 bits per heavy atom. The van der Waals surface area contributed by atoms with Gasteiger partial charge in [0.25, 0.3) is 5.91 Å². The molecule has 2 rings (SSSR count). The second kappa shape index (κ2) is 7.72. The number of methoxy groups -OCH3 is 1. The zero-order chi connectivity index (χ0) is 17.7. The van der Waals surface area contributed by atoms with E-state index in [4.69, 9.17) is 9.47 Å². The van der Waals surface area contributed by atoms with E-state index in [1.165, 1.54) is 7.11 Å². The van der Waals surface area contributed by atoms with Gasteiger partial charge in [-0.15, -0.1) is 0 Å². The van der Waals surface area contributed by atoms with Gasteiger partial charge in [-0.3, -0.25) is 9.59 Å². The van der Waals surface area contributed by atoms with E-state index in [1.54, 1.807) is 37.3 Å². The van der Waals surface area contributed by atoms with Crippen LogP contribution in [0.4, 0.5) is 0 Å². The Labute approximate surface area is 139 Å². The Balaban J connectivity index is 2.45. The zero-order valence-corrected chi connectivity index (χ0v) is 13.6. The van der Waals surface area contributed by atoms with Gasteiger partial charge in [0.1, 0.15) is 6.04 Å². The van der Waals surface area contributed by atoms with Crippen molar-refractivity contribution in [2.24, 2.45) is 0 Å². The van der Waals surface area contributed by atoms with Crippen molar-refractivity contribution in [3.8, 4) is 0 Å². The first-order valence-electron chi connectivity index (χ1n) is 7.66. The van der Waals surface area contributed by atoms with Gasteiger partial charge in [0.05, 0.1) is 13.7 Å². The van der Waals surface area contributed by atoms with Crippen LogP contribution < -0.4 is 0 Å². The lowest BCUT2D eigenvalue weighted by molar-refractivity contribution is -0.159. The monoisotopic (exact) mass is 333 g/mol. The van der Waals surface area contributed by atoms with E-state index < -0.39 is 35.7 Å². The molecule has 7 heteroatoms. The topological polar surface area (TPSA) is 90.0 Å². The highest BCUT2D eigenvalue weighted by atomic mass is 16.5. The number of nitrogens with zero attached hydrogens (tertiary/aromatic N) is 1. The first-order chi connectivity index (χ1) is 11.5. The van der Waals surface area contributed by atoms with Crippen molar-refractivity contribution in [1.82, 2.24) is 4.90 Å². The quantitative estimate of drug-likeness (QED) is 0.602. The highest BCUT2D eigenvalue weighted by molar-refractivity contribution is 6.10. The summed E-state index contributed by atoms with van der Waals surface area (Å²) < 4.78 is 9.66. The standard InChI is InChI=1S/C17H19NO6/c1-3-24-17(22)14-13(19)10-9-12(16(21)23-2)18(14)15(20)11-7-5-4-6-8-11/h4-8,12,14H,3,9-10H2,1-2H3/t12-,14+/m1/s1. The maximum Gasteiger partial charge on any atom is 0.336 e. The van der Waals surface area contributed by atoms with Crippen molar-refractivity contribution in [2.75, 3.05) is 13.7 Å². The van der Waals surface area contributed by atoms with Gasteiger partial charge in [-0.05, 0) is 25.5 Å². The fourth-order valence-corrected chi connectivity index (χ4v) is 2.71. The molecule has 128 valence electrons. The van der Waals surface area contributed by atoms with Crippen LogP contribution in [0.3, 0.4) is 0 Å². The molecule has 0 spiro atoms. The summed E-state index contributed by atoms with van der Waals surface area (Å²) in [6, 6.07) is 5.72. The Bertz CT molecular complexity index is 642. The number of carbonyl (C=O) groups is 4. The Kier molecular flexibility index (Phi) is 5.68. The lowest BCUT2D eigenvalue weighted by Gasteiger charge is -2.38. The van der Waals surface area contributed by atoms with E-state index in [2.05, 4.69) is 0 Å². The molecule has 2 atom stereocenters. The summed E-state index contributed by atoms with van der Waals surface area (Å²) in [6.45, 7) is 1.67. The number of esters is 2. The van der Waals surface area contributed by atoms with Crippen LogP contribution in [-0.4, -0.2) is 54.3 Å². The largest absolute Gasteiger partial charge is 0.467 e. The number of carbonyl (C=O) groups excluding carboxylic acids is 4. The molecule has 1 fully saturated rings. The SMILES string of the molecule is CCOC(=O)[C@@H]1C(=O)CC[C@H](C(=O)OC)N1C(=O)c1ccccc1. The van der Waals surface area contributed by atoms with E-state index in [9.17, 15) is 19.2 Å². The van der Waals surface area contributed by atoms with Crippen LogP contribution >= 0.6 is 0 Å². The fraction of sp³-hybridized carbons (Fsp3) is 0.412. The third kappa shape index (κ3) is 3.45. The molecular formula is C17H19NO6. The van der Waals surface area contributed by atoms with Gasteiger partial charge in [-0.2, -0.15) is 0 Å². The molecule has 0 aliphatic carbocycles. The molecule has 0 saturated carbocycles. The smallest absolute Gasteiger partial charge is 0.336 e. The summed E-state index contributed by atoms with van der Waals surface area (Å²) in [7, 11) is 1.20. The van der Waals surface area contributed by atoms with Gasteiger partial charge in [0, 0.05) is 12.0 Å². The van der Waals surface area contributed by atoms with Crippen LogP contribution in [0.2, 0.25) is 0 Å². The lowest BCUT2D eigenvalue weighted by atomic mass is 9.93. The van der Waals surface area contributed by atoms with Gasteiger partial charge in [-0.1, -0.05) is 18.2 Å². The predicted octanol–water partition coefficient (Wildman–Crippen LogP) is 0.965. The number of benzene rings is 1. The van der Waals surface area contributed by atoms with E-state index in [1.807, 2.05) is 0 Å². The number of hydrogen-bond donors (Lipinski definition) is 0. The molecule has 1 aliphatic heterocycles. The number of ketones is 1. The molecule has 1 aliphatic rings. The molecule has 1 heterocycles. The molecule has 1 aromatic carbocycles. The highest BCUT2D eigenvalue weighted by Crippen LogP contribution is 2.25. The van der Waals surface area contributed by atoms with Crippen molar-refractivity contribution in [3.05, 3.63) is 35.9 Å². The fourth-order valence-electron chi connectivity index (χ4n) is 2.71. The van der Waals surface area contributed by atoms with Crippen LogP contribution in [0.15, 0.2) is 30.3 Å². The minimum atomic E-state index is -1.43. The third-order valence-corrected chi connectivity index (χ3v) is 3.82. The average Bonchev–Trinajstić information content (AvgIpc) is 2.61. The number of amides is 1. The molecule has 7 nitrogen and oxygen atoms in total. The van der Waals surface area contributed by atoms with Gasteiger partial charge >= 0.3 is 11.9 Å². The number of Topliss-reactive ketones (excluding diaryl/α,β-unsaturated/α-hetero) is 1. The van der Waals surface area contributed by atoms with E-state index in [0.717, 1.165) is 4.90 Å². The molecule has 0 bridgehead atoms. The van der Waals surface area contributed by atoms with E-state index in [0.29, 0.717) is 0 Å². The maximum atomic E-state index is 12.9. The predicted molar refractivity (Wildman–Crippen MR) is 83.1 cm³/mol. The lowest BCUT2D eigenvalue weighted by Crippen LogP contribution is -2.60. The summed E-state index contributed by atoms with van der Waals surface area (Å²) in [5.74, 6) is -2.53. The molecule has 1 saturated heterocycles. The van der Waals surface area contributed by atoms with Crippen molar-refractivity contribution in [3.63, 3.8) is 0 Å². The number of rotatable bonds is 4. The van der Waals surface area contributed by atoms with Crippen molar-refractivity contribution in [2.45, 2.75) is 31.8 Å². The van der Waals surface area contributed by atoms with E-state index in [-0.39, 0.29) is 25.0 Å². The summed E-state index contributed by atoms with van der Waals surface area (Å²) in [4.78, 5) is 50.4. The first-order valence-corrected chi connectivity index (χ1v) is 7.66. The third-order valence-electron chi connectivity index (χ3n) is 3.82. The maximum absolute atomic E-state index is 12.9. The molecule has 0 aromatic heterocycles. The molecular weight excluding hydrogens is 314 g/mol. The van der Waals surface area contributed by atoms with E-state index >= 15 is 0 Å². The summed E-state index contributed by atoms with van der Waals surface area (Å²) in [5.41, 5.74) is 0.274. The van der Waals surface area contributed by atoms with Gasteiger partial charge in [0.15, 0.2) is 11.8 Å². The minimum absolute atomic E-state index is 0.00180. The molecule has 1 amide bonds. The second-order valence-corrected chi connectivity index (χ2v) is 5.28. The van der Waals surface area contributed by atoms with Crippen molar-refractivity contribution in [1.29, 1.82) is 0 Å². The molecule has 0 radical (unpaired) electrons. The number of hydrogen-bond acceptors (Lipinski definition) is 6. The van der Waals surface area contributed by atoms with Crippen LogP contribution in [-0.2, 0) is 23.9 Å². The van der Waals surface area contributed by atoms with Crippen molar-refractivity contribution >= 4 is 23.6 Å². The minimum Gasteiger partial charge on any atom is -0.467 e. The van der Waals surface area contributed by atoms with Gasteiger partial charge in [-0.25, -0.2) is 9.59 Å². The van der Waals surface area contributed by atoms with Crippen molar-refractivity contribution < 1.29 is 28.7 Å². The molecule has 0 N–H and O–H groups in total. The molecule has 24 heavy (non-hydrogen) atoms. The summed E-state index contributed by atoms with van der Waals surface area (Å²) in [6.07, 6.45) is 0.113. The number of likely N-dealkylation sites (tertiary alicyclic amines) is 1. The summed E-state index contributed by atoms with van der Waals surface area (Å²) in [5, 5.41) is 0. The Morgan fingerprint density at radius 3 is 2.42 bits per heavy atom. The number of ether oxygens (including phenoxy) is 2. The second-order valence-electron chi connectivity index (χ2n) is 5.28. The van der Waals surface area contributed by atoms with Crippen LogP contribution in [0.25, 0.3) is 0 Å². The highest BCUT2D eigenvalue weighted by Gasteiger charge is 2.47. The molecule has 0 unspecified atom stereocenters. The van der Waals surface area contributed by atoms with Gasteiger partial charge in [0.2, 0.25) is 0 Å². The summed E-state index contributed by atoms with van der Waals surface area (Å²) >= 11 is 0. The van der Waals surface area contributed by atoms with Crippen LogP contribution in [0, 0.1) is 0 Å². The average molecular weight is 333 g/mol. The zero-order valence-electron chi connectivity index (χ0n) is 13.6. The van der Waals surface area contributed by atoms with Crippen LogP contribution in [0.1, 0.15) is 30.1 Å². The van der Waals surface area contributed by atoms with Gasteiger partial charge < -0.3 is 14.4 Å². The number of piperidine rings is 1. The normalized spacial score (nSPS) is 20.4. The molecule has 1 aromatic rings. The first kappa shape index (κ1) is 17.7. The van der Waals surface area contributed by atoms with Crippen LogP contribution in [0.5, 0.6) is 0 Å².